The molecule has 0 bridgehead atoms. The fourth-order valence-electron chi connectivity index (χ4n) is 3.11. The number of thiazole rings is 1. The Hall–Kier alpha value is -1.34. The van der Waals surface area contributed by atoms with E-state index in [-0.39, 0.29) is 36.3 Å². The number of aromatic nitrogens is 1. The molecule has 0 saturated heterocycles. The summed E-state index contributed by atoms with van der Waals surface area (Å²) in [5.74, 6) is 0.706. The normalized spacial score (nSPS) is 14.8. The van der Waals surface area contributed by atoms with Gasteiger partial charge in [0.2, 0.25) is 0 Å². The predicted octanol–water partition coefficient (Wildman–Crippen LogP) is 4.05. The van der Waals surface area contributed by atoms with Gasteiger partial charge in [0.25, 0.3) is 5.91 Å². The molecule has 1 aromatic heterocycles. The van der Waals surface area contributed by atoms with Gasteiger partial charge in [0, 0.05) is 17.5 Å². The molecule has 26 heavy (non-hydrogen) atoms. The van der Waals surface area contributed by atoms with E-state index in [1.54, 1.807) is 5.38 Å². The van der Waals surface area contributed by atoms with Crippen LogP contribution in [0.2, 0.25) is 0 Å². The minimum Gasteiger partial charge on any atom is -0.494 e. The number of ether oxygens (including phenoxy) is 1. The molecular weight excluding hydrogens is 393 g/mol. The van der Waals surface area contributed by atoms with Crippen LogP contribution in [0, 0.1) is 0 Å². The average Bonchev–Trinajstić information content (AvgIpc) is 3.26. The van der Waals surface area contributed by atoms with Gasteiger partial charge in [0.05, 0.1) is 12.1 Å². The first-order valence-electron chi connectivity index (χ1n) is 8.37. The van der Waals surface area contributed by atoms with Gasteiger partial charge in [-0.25, -0.2) is 4.98 Å². The van der Waals surface area contributed by atoms with Gasteiger partial charge in [-0.3, -0.25) is 4.79 Å². The van der Waals surface area contributed by atoms with Crippen LogP contribution in [0.25, 0.3) is 10.6 Å². The molecule has 1 aromatic carbocycles. The first-order chi connectivity index (χ1) is 11.7. The van der Waals surface area contributed by atoms with E-state index in [1.807, 2.05) is 31.2 Å². The molecule has 1 heterocycles. The number of nitrogens with zero attached hydrogens (tertiary/aromatic N) is 1. The molecule has 2 aromatic rings. The summed E-state index contributed by atoms with van der Waals surface area (Å²) in [5, 5.41) is 5.75. The second-order valence-corrected chi connectivity index (χ2v) is 7.00. The summed E-state index contributed by atoms with van der Waals surface area (Å²) < 4.78 is 5.44. The van der Waals surface area contributed by atoms with Crippen LogP contribution in [0.4, 0.5) is 0 Å². The lowest BCUT2D eigenvalue weighted by Gasteiger charge is -2.28. The summed E-state index contributed by atoms with van der Waals surface area (Å²) in [7, 11) is 0. The van der Waals surface area contributed by atoms with Gasteiger partial charge in [-0.1, -0.05) is 12.8 Å². The van der Waals surface area contributed by atoms with Crippen molar-refractivity contribution < 1.29 is 9.53 Å². The number of carbonyl (C=O) groups excluding carboxylic acids is 1. The molecule has 3 N–H and O–H groups in total. The molecule has 1 saturated carbocycles. The van der Waals surface area contributed by atoms with Crippen molar-refractivity contribution in [1.29, 1.82) is 0 Å². The first kappa shape index (κ1) is 22.7. The SMILES string of the molecule is CCOc1ccc(-c2nc(C(=O)NC3(CN)CCCC3)cs2)cc1.Cl.Cl. The molecule has 1 aliphatic carbocycles. The Bertz CT molecular complexity index is 701. The molecular formula is C18H25Cl2N3O2S. The third kappa shape index (κ3) is 5.10. The van der Waals surface area contributed by atoms with Crippen LogP contribution in [-0.2, 0) is 0 Å². The number of nitrogens with two attached hydrogens (primary N) is 1. The number of nitrogens with one attached hydrogen (secondary N) is 1. The highest BCUT2D eigenvalue weighted by molar-refractivity contribution is 7.13. The Labute approximate surface area is 170 Å². The zero-order valence-electron chi connectivity index (χ0n) is 14.7. The third-order valence-electron chi connectivity index (χ3n) is 4.48. The Kier molecular flexibility index (Phi) is 8.83. The molecule has 1 amide bonds. The van der Waals surface area contributed by atoms with Crippen molar-refractivity contribution in [2.75, 3.05) is 13.2 Å². The molecule has 5 nitrogen and oxygen atoms in total. The Morgan fingerprint density at radius 2 is 1.92 bits per heavy atom. The minimum absolute atomic E-state index is 0. The van der Waals surface area contributed by atoms with Gasteiger partial charge in [-0.05, 0) is 44.0 Å². The van der Waals surface area contributed by atoms with Crippen LogP contribution >= 0.6 is 36.2 Å². The predicted molar refractivity (Wildman–Crippen MR) is 111 cm³/mol. The van der Waals surface area contributed by atoms with Gasteiger partial charge in [0.1, 0.15) is 16.5 Å². The molecule has 0 aliphatic heterocycles. The summed E-state index contributed by atoms with van der Waals surface area (Å²) in [6, 6.07) is 7.76. The summed E-state index contributed by atoms with van der Waals surface area (Å²) in [4.78, 5) is 17.0. The summed E-state index contributed by atoms with van der Waals surface area (Å²) in [6.07, 6.45) is 4.13. The van der Waals surface area contributed by atoms with Gasteiger partial charge in [-0.15, -0.1) is 36.2 Å². The quantitative estimate of drug-likeness (QED) is 0.742. The Morgan fingerprint density at radius 1 is 1.27 bits per heavy atom. The summed E-state index contributed by atoms with van der Waals surface area (Å²) >= 11 is 1.47. The van der Waals surface area contributed by atoms with E-state index in [4.69, 9.17) is 10.5 Å². The van der Waals surface area contributed by atoms with Crippen molar-refractivity contribution in [2.24, 2.45) is 5.73 Å². The van der Waals surface area contributed by atoms with Gasteiger partial charge in [-0.2, -0.15) is 0 Å². The highest BCUT2D eigenvalue weighted by atomic mass is 35.5. The smallest absolute Gasteiger partial charge is 0.271 e. The topological polar surface area (TPSA) is 77.2 Å². The molecule has 0 atom stereocenters. The standard InChI is InChI=1S/C18H23N3O2S.2ClH/c1-2-23-14-7-5-13(6-8-14)17-20-15(11-24-17)16(22)21-18(12-19)9-3-4-10-18;;/h5-8,11H,2-4,9-10,12,19H2,1H3,(H,21,22);2*1H. The van der Waals surface area contributed by atoms with Crippen LogP contribution in [0.5, 0.6) is 5.75 Å². The van der Waals surface area contributed by atoms with Crippen molar-refractivity contribution in [1.82, 2.24) is 10.3 Å². The molecule has 0 radical (unpaired) electrons. The second kappa shape index (κ2) is 10.1. The number of rotatable bonds is 6. The highest BCUT2D eigenvalue weighted by Gasteiger charge is 2.34. The molecule has 0 unspecified atom stereocenters. The largest absolute Gasteiger partial charge is 0.494 e. The van der Waals surface area contributed by atoms with Crippen molar-refractivity contribution in [3.63, 3.8) is 0 Å². The zero-order valence-corrected chi connectivity index (χ0v) is 17.1. The molecule has 144 valence electrons. The van der Waals surface area contributed by atoms with Crippen LogP contribution in [0.1, 0.15) is 43.1 Å². The van der Waals surface area contributed by atoms with Crippen molar-refractivity contribution in [3.8, 4) is 16.3 Å². The van der Waals surface area contributed by atoms with Crippen molar-refractivity contribution >= 4 is 42.1 Å². The molecule has 3 rings (SSSR count). The lowest BCUT2D eigenvalue weighted by Crippen LogP contribution is -2.51. The molecule has 1 fully saturated rings. The van der Waals surface area contributed by atoms with E-state index in [2.05, 4.69) is 10.3 Å². The summed E-state index contributed by atoms with van der Waals surface area (Å²) in [6.45, 7) is 3.08. The van der Waals surface area contributed by atoms with E-state index >= 15 is 0 Å². The fourth-order valence-corrected chi connectivity index (χ4v) is 3.91. The maximum absolute atomic E-state index is 12.5. The number of hydrogen-bond donors (Lipinski definition) is 2. The van der Waals surface area contributed by atoms with E-state index in [9.17, 15) is 4.79 Å². The highest BCUT2D eigenvalue weighted by Crippen LogP contribution is 2.30. The average molecular weight is 418 g/mol. The number of benzene rings is 1. The molecule has 8 heteroatoms. The number of hydrogen-bond acceptors (Lipinski definition) is 5. The molecule has 0 spiro atoms. The van der Waals surface area contributed by atoms with Crippen LogP contribution < -0.4 is 15.8 Å². The van der Waals surface area contributed by atoms with E-state index in [0.717, 1.165) is 42.0 Å². The second-order valence-electron chi connectivity index (χ2n) is 6.14. The van der Waals surface area contributed by atoms with E-state index < -0.39 is 0 Å². The monoisotopic (exact) mass is 417 g/mol. The fraction of sp³-hybridized carbons (Fsp3) is 0.444. The lowest BCUT2D eigenvalue weighted by atomic mass is 9.98. The number of halogens is 2. The van der Waals surface area contributed by atoms with Crippen LogP contribution in [0.3, 0.4) is 0 Å². The third-order valence-corrected chi connectivity index (χ3v) is 5.37. The minimum atomic E-state index is -0.250. The number of amides is 1. The summed E-state index contributed by atoms with van der Waals surface area (Å²) in [5.41, 5.74) is 7.08. The van der Waals surface area contributed by atoms with Gasteiger partial charge < -0.3 is 15.8 Å². The van der Waals surface area contributed by atoms with Gasteiger partial charge in [0.15, 0.2) is 0 Å². The van der Waals surface area contributed by atoms with E-state index in [1.165, 1.54) is 11.3 Å². The van der Waals surface area contributed by atoms with Crippen molar-refractivity contribution in [3.05, 3.63) is 35.3 Å². The Balaban J connectivity index is 0.00000169. The molecule has 1 aliphatic rings. The maximum Gasteiger partial charge on any atom is 0.271 e. The zero-order chi connectivity index (χ0) is 17.0. The van der Waals surface area contributed by atoms with Crippen LogP contribution in [-0.4, -0.2) is 29.6 Å². The van der Waals surface area contributed by atoms with Gasteiger partial charge >= 0.3 is 0 Å². The first-order valence-corrected chi connectivity index (χ1v) is 9.25. The van der Waals surface area contributed by atoms with Crippen molar-refractivity contribution in [2.45, 2.75) is 38.1 Å². The van der Waals surface area contributed by atoms with Crippen LogP contribution in [0.15, 0.2) is 29.6 Å². The lowest BCUT2D eigenvalue weighted by molar-refractivity contribution is 0.0898. The Morgan fingerprint density at radius 3 is 2.50 bits per heavy atom. The number of carbonyl (C=O) groups is 1. The maximum atomic E-state index is 12.5. The van der Waals surface area contributed by atoms with E-state index in [0.29, 0.717) is 18.8 Å².